The summed E-state index contributed by atoms with van der Waals surface area (Å²) in [7, 11) is 0. The van der Waals surface area contributed by atoms with Crippen LogP contribution in [-0.4, -0.2) is 26.7 Å². The Bertz CT molecular complexity index is 1500. The smallest absolute Gasteiger partial charge is 0.319 e. The first-order valence-corrected chi connectivity index (χ1v) is 15.4. The minimum absolute atomic E-state index is 0.236. The van der Waals surface area contributed by atoms with Gasteiger partial charge in [-0.25, -0.2) is 4.98 Å². The molecule has 0 atom stereocenters. The minimum Gasteiger partial charge on any atom is -0.480 e. The zero-order chi connectivity index (χ0) is 28.3. The number of anilines is 1. The van der Waals surface area contributed by atoms with Crippen LogP contribution in [0.3, 0.4) is 0 Å². The second-order valence-electron chi connectivity index (χ2n) is 10.9. The first-order valence-electron chi connectivity index (χ1n) is 13.7. The molecule has 1 aliphatic rings. The van der Waals surface area contributed by atoms with Crippen molar-refractivity contribution in [1.29, 1.82) is 0 Å². The summed E-state index contributed by atoms with van der Waals surface area (Å²) < 4.78 is -0.935. The van der Waals surface area contributed by atoms with E-state index in [1.165, 1.54) is 60.8 Å². The number of hydrogen-bond acceptors (Lipinski definition) is 5. The number of rotatable bonds is 8. The van der Waals surface area contributed by atoms with Crippen LogP contribution in [0.5, 0.6) is 0 Å². The molecule has 3 aromatic carbocycles. The van der Waals surface area contributed by atoms with Crippen LogP contribution in [0.25, 0.3) is 21.0 Å². The van der Waals surface area contributed by atoms with Gasteiger partial charge in [0.2, 0.25) is 0 Å². The highest BCUT2D eigenvalue weighted by Gasteiger charge is 2.29. The average molecular weight is 571 g/mol. The number of carbonyl (C=O) groups is 2. The van der Waals surface area contributed by atoms with Gasteiger partial charge in [-0.15, -0.1) is 23.1 Å². The topological polar surface area (TPSA) is 79.3 Å². The van der Waals surface area contributed by atoms with Crippen molar-refractivity contribution in [2.24, 2.45) is 0 Å². The second kappa shape index (κ2) is 12.0. The number of amides is 1. The predicted molar refractivity (Wildman–Crippen MR) is 166 cm³/mol. The van der Waals surface area contributed by atoms with Crippen LogP contribution in [-0.2, 0) is 4.79 Å². The highest BCUT2D eigenvalue weighted by molar-refractivity contribution is 8.01. The molecule has 1 amide bonds. The summed E-state index contributed by atoms with van der Waals surface area (Å²) in [4.78, 5) is 31.7. The Hall–Kier alpha value is -3.42. The Labute approximate surface area is 244 Å². The number of carboxylic acids is 1. The van der Waals surface area contributed by atoms with Gasteiger partial charge in [0.15, 0.2) is 0 Å². The largest absolute Gasteiger partial charge is 0.480 e. The molecule has 1 fully saturated rings. The number of carboxylic acid groups (broad SMARTS) is 1. The highest BCUT2D eigenvalue weighted by atomic mass is 32.2. The van der Waals surface area contributed by atoms with Crippen LogP contribution in [0, 0.1) is 6.92 Å². The van der Waals surface area contributed by atoms with Crippen LogP contribution in [0.15, 0.2) is 77.7 Å². The van der Waals surface area contributed by atoms with Gasteiger partial charge in [0, 0.05) is 16.1 Å². The average Bonchev–Trinajstić information content (AvgIpc) is 3.40. The lowest BCUT2D eigenvalue weighted by molar-refractivity contribution is -0.138. The maximum atomic E-state index is 13.6. The van der Waals surface area contributed by atoms with Crippen molar-refractivity contribution in [3.05, 3.63) is 89.6 Å². The van der Waals surface area contributed by atoms with Gasteiger partial charge in [-0.05, 0) is 80.5 Å². The molecule has 7 heteroatoms. The number of aromatic nitrogens is 1. The van der Waals surface area contributed by atoms with Crippen molar-refractivity contribution >= 4 is 40.7 Å². The van der Waals surface area contributed by atoms with E-state index in [9.17, 15) is 14.7 Å². The summed E-state index contributed by atoms with van der Waals surface area (Å²) in [6.07, 6.45) is 6.39. The van der Waals surface area contributed by atoms with Crippen LogP contribution < -0.4 is 5.32 Å². The summed E-state index contributed by atoms with van der Waals surface area (Å²) in [5.41, 5.74) is 5.35. The van der Waals surface area contributed by atoms with Crippen molar-refractivity contribution in [3.63, 3.8) is 0 Å². The number of benzene rings is 3. The molecule has 0 radical (unpaired) electrons. The van der Waals surface area contributed by atoms with Gasteiger partial charge in [-0.2, -0.15) is 0 Å². The number of carbonyl (C=O) groups excluding carboxylic acids is 1. The van der Waals surface area contributed by atoms with E-state index in [-0.39, 0.29) is 5.91 Å². The standard InChI is InChI=1S/C33H34N2O3S2/c1-21-20-26(40-33(2,3)32(37)38)18-19-27(21)31-35-28(29(39-31)24-12-8-5-9-13-24)30(36)34-25-16-14-23(15-17-25)22-10-6-4-7-11-22/h5,8-9,12-20,22H,4,6-7,10-11H2,1-3H3,(H,34,36)(H,37,38). The molecule has 1 saturated carbocycles. The maximum Gasteiger partial charge on any atom is 0.319 e. The van der Waals surface area contributed by atoms with Crippen molar-refractivity contribution in [2.45, 2.75) is 68.4 Å². The fourth-order valence-corrected chi connectivity index (χ4v) is 7.32. The quantitative estimate of drug-likeness (QED) is 0.207. The molecule has 0 bridgehead atoms. The first kappa shape index (κ1) is 28.1. The number of nitrogens with one attached hydrogen (secondary N) is 1. The molecule has 40 heavy (non-hydrogen) atoms. The number of hydrogen-bond donors (Lipinski definition) is 2. The van der Waals surface area contributed by atoms with Gasteiger partial charge in [0.25, 0.3) is 5.91 Å². The molecular formula is C33H34N2O3S2. The number of aliphatic carboxylic acids is 1. The van der Waals surface area contributed by atoms with Crippen LogP contribution in [0.4, 0.5) is 5.69 Å². The van der Waals surface area contributed by atoms with Crippen molar-refractivity contribution in [2.75, 3.05) is 5.32 Å². The van der Waals surface area contributed by atoms with E-state index >= 15 is 0 Å². The lowest BCUT2D eigenvalue weighted by Crippen LogP contribution is -2.26. The lowest BCUT2D eigenvalue weighted by atomic mass is 9.84. The Morgan fingerprint density at radius 3 is 2.33 bits per heavy atom. The predicted octanol–water partition coefficient (Wildman–Crippen LogP) is 9.04. The van der Waals surface area contributed by atoms with E-state index in [1.807, 2.05) is 67.6 Å². The molecule has 1 heterocycles. The van der Waals surface area contributed by atoms with E-state index in [0.717, 1.165) is 37.2 Å². The van der Waals surface area contributed by atoms with Gasteiger partial charge in [-0.3, -0.25) is 9.59 Å². The fraction of sp³-hybridized carbons (Fsp3) is 0.303. The molecule has 0 saturated heterocycles. The van der Waals surface area contributed by atoms with E-state index < -0.39 is 10.7 Å². The first-order chi connectivity index (χ1) is 19.2. The van der Waals surface area contributed by atoms with Gasteiger partial charge in [0.05, 0.1) is 4.88 Å². The number of nitrogens with zero attached hydrogens (tertiary/aromatic N) is 1. The van der Waals surface area contributed by atoms with E-state index in [1.54, 1.807) is 13.8 Å². The van der Waals surface area contributed by atoms with Gasteiger partial charge >= 0.3 is 5.97 Å². The van der Waals surface area contributed by atoms with Gasteiger partial charge < -0.3 is 10.4 Å². The molecule has 1 aliphatic carbocycles. The lowest BCUT2D eigenvalue weighted by Gasteiger charge is -2.22. The highest BCUT2D eigenvalue weighted by Crippen LogP contribution is 2.40. The van der Waals surface area contributed by atoms with E-state index in [0.29, 0.717) is 11.6 Å². The fourth-order valence-electron chi connectivity index (χ4n) is 5.12. The van der Waals surface area contributed by atoms with E-state index in [4.69, 9.17) is 4.98 Å². The van der Waals surface area contributed by atoms with Crippen LogP contribution in [0.2, 0.25) is 0 Å². The SMILES string of the molecule is Cc1cc(SC(C)(C)C(=O)O)ccc1-c1nc(C(=O)Nc2ccc(C3CCCCC3)cc2)c(-c2ccccc2)s1. The number of thioether (sulfide) groups is 1. The van der Waals surface area contributed by atoms with Gasteiger partial charge in [0.1, 0.15) is 15.4 Å². The Kier molecular flexibility index (Phi) is 8.43. The van der Waals surface area contributed by atoms with E-state index in [2.05, 4.69) is 17.4 Å². The zero-order valence-corrected chi connectivity index (χ0v) is 24.7. The normalized spacial score (nSPS) is 14.2. The van der Waals surface area contributed by atoms with Crippen molar-refractivity contribution in [1.82, 2.24) is 4.98 Å². The molecule has 0 unspecified atom stereocenters. The van der Waals surface area contributed by atoms with Crippen molar-refractivity contribution in [3.8, 4) is 21.0 Å². The summed E-state index contributed by atoms with van der Waals surface area (Å²) in [5.74, 6) is -0.474. The second-order valence-corrected chi connectivity index (χ2v) is 13.6. The van der Waals surface area contributed by atoms with Crippen LogP contribution in [0.1, 0.15) is 73.5 Å². The summed E-state index contributed by atoms with van der Waals surface area (Å²) >= 11 is 2.80. The zero-order valence-electron chi connectivity index (χ0n) is 23.1. The Balaban J connectivity index is 1.42. The molecule has 2 N–H and O–H groups in total. The van der Waals surface area contributed by atoms with Crippen molar-refractivity contribution < 1.29 is 14.7 Å². The Morgan fingerprint density at radius 2 is 1.68 bits per heavy atom. The third-order valence-electron chi connectivity index (χ3n) is 7.44. The molecule has 206 valence electrons. The molecule has 5 rings (SSSR count). The Morgan fingerprint density at radius 1 is 0.975 bits per heavy atom. The maximum absolute atomic E-state index is 13.6. The molecule has 1 aromatic heterocycles. The summed E-state index contributed by atoms with van der Waals surface area (Å²) in [6.45, 7) is 5.39. The van der Waals surface area contributed by atoms with Crippen LogP contribution >= 0.6 is 23.1 Å². The summed E-state index contributed by atoms with van der Waals surface area (Å²) in [6, 6.07) is 24.0. The number of aryl methyl sites for hydroxylation is 1. The molecule has 5 nitrogen and oxygen atoms in total. The number of thiazole rings is 1. The summed E-state index contributed by atoms with van der Waals surface area (Å²) in [5, 5.41) is 13.3. The third kappa shape index (κ3) is 6.31. The molecule has 4 aromatic rings. The molecule has 0 spiro atoms. The monoisotopic (exact) mass is 570 g/mol. The molecule has 0 aliphatic heterocycles. The minimum atomic E-state index is -0.935. The third-order valence-corrected chi connectivity index (χ3v) is 9.75. The van der Waals surface area contributed by atoms with Gasteiger partial charge in [-0.1, -0.05) is 67.8 Å². The molecular weight excluding hydrogens is 537 g/mol.